The largest absolute Gasteiger partial charge is 0.311 e. The highest BCUT2D eigenvalue weighted by atomic mass is 79.9. The second kappa shape index (κ2) is 4.58. The lowest BCUT2D eigenvalue weighted by atomic mass is 10.1. The van der Waals surface area contributed by atoms with Crippen LogP contribution in [-0.4, -0.2) is 12.5 Å². The molecule has 1 aromatic carbocycles. The van der Waals surface area contributed by atoms with Crippen molar-refractivity contribution in [1.29, 1.82) is 0 Å². The van der Waals surface area contributed by atoms with Crippen LogP contribution in [0.2, 0.25) is 0 Å². The third kappa shape index (κ3) is 2.14. The van der Waals surface area contributed by atoms with E-state index in [-0.39, 0.29) is 5.91 Å². The van der Waals surface area contributed by atoms with Crippen molar-refractivity contribution >= 4 is 27.5 Å². The van der Waals surface area contributed by atoms with Gasteiger partial charge >= 0.3 is 0 Å². The third-order valence-electron chi connectivity index (χ3n) is 2.99. The Morgan fingerprint density at radius 2 is 2.00 bits per heavy atom. The number of aryl methyl sites for hydroxylation is 2. The van der Waals surface area contributed by atoms with Crippen LogP contribution in [0.25, 0.3) is 0 Å². The number of halogens is 1. The Balaban J connectivity index is 2.42. The molecule has 1 aliphatic heterocycles. The van der Waals surface area contributed by atoms with Crippen LogP contribution >= 0.6 is 15.9 Å². The van der Waals surface area contributed by atoms with Gasteiger partial charge in [-0.3, -0.25) is 4.79 Å². The van der Waals surface area contributed by atoms with Gasteiger partial charge in [0, 0.05) is 17.4 Å². The number of nitrogens with zero attached hydrogens (tertiary/aromatic N) is 1. The van der Waals surface area contributed by atoms with Crippen molar-refractivity contribution < 1.29 is 4.79 Å². The Morgan fingerprint density at radius 3 is 2.62 bits per heavy atom. The number of anilines is 1. The summed E-state index contributed by atoms with van der Waals surface area (Å²) in [6.07, 6.45) is 2.81. The Labute approximate surface area is 105 Å². The van der Waals surface area contributed by atoms with E-state index in [1.165, 1.54) is 11.1 Å². The molecule has 0 N–H and O–H groups in total. The number of hydrogen-bond donors (Lipinski definition) is 0. The highest BCUT2D eigenvalue weighted by Crippen LogP contribution is 2.33. The van der Waals surface area contributed by atoms with Gasteiger partial charge in [-0.1, -0.05) is 6.07 Å². The summed E-state index contributed by atoms with van der Waals surface area (Å²) in [6.45, 7) is 4.98. The smallest absolute Gasteiger partial charge is 0.227 e. The molecule has 3 heteroatoms. The quantitative estimate of drug-likeness (QED) is 0.771. The molecule has 0 saturated carbocycles. The molecule has 1 heterocycles. The number of benzene rings is 1. The molecule has 2 rings (SSSR count). The summed E-state index contributed by atoms with van der Waals surface area (Å²) in [6, 6.07) is 4.20. The van der Waals surface area contributed by atoms with Gasteiger partial charge in [0.25, 0.3) is 0 Å². The van der Waals surface area contributed by atoms with Crippen molar-refractivity contribution in [2.45, 2.75) is 33.1 Å². The van der Waals surface area contributed by atoms with Gasteiger partial charge in [0.15, 0.2) is 0 Å². The van der Waals surface area contributed by atoms with E-state index in [0.29, 0.717) is 6.42 Å². The molecule has 16 heavy (non-hydrogen) atoms. The van der Waals surface area contributed by atoms with Crippen LogP contribution in [0.1, 0.15) is 30.4 Å². The third-order valence-corrected chi connectivity index (χ3v) is 3.60. The first kappa shape index (κ1) is 11.6. The number of hydrogen-bond acceptors (Lipinski definition) is 1. The first-order valence-corrected chi connectivity index (χ1v) is 6.46. The molecule has 0 aliphatic carbocycles. The molecule has 0 radical (unpaired) electrons. The minimum absolute atomic E-state index is 0.249. The second-order valence-corrected chi connectivity index (χ2v) is 5.27. The molecule has 0 aromatic heterocycles. The highest BCUT2D eigenvalue weighted by molar-refractivity contribution is 9.10. The molecule has 86 valence electrons. The molecule has 0 unspecified atom stereocenters. The summed E-state index contributed by atoms with van der Waals surface area (Å²) >= 11 is 3.57. The molecule has 1 fully saturated rings. The van der Waals surface area contributed by atoms with Gasteiger partial charge in [0.2, 0.25) is 5.91 Å². The van der Waals surface area contributed by atoms with E-state index in [1.807, 2.05) is 4.90 Å². The van der Waals surface area contributed by atoms with E-state index in [2.05, 4.69) is 41.9 Å². The van der Waals surface area contributed by atoms with E-state index >= 15 is 0 Å². The Bertz CT molecular complexity index is 405. The summed E-state index contributed by atoms with van der Waals surface area (Å²) in [4.78, 5) is 13.8. The van der Waals surface area contributed by atoms with Gasteiger partial charge in [-0.2, -0.15) is 0 Å². The molecule has 0 atom stereocenters. The topological polar surface area (TPSA) is 20.3 Å². The second-order valence-electron chi connectivity index (χ2n) is 4.41. The fourth-order valence-corrected chi connectivity index (χ4v) is 3.18. The lowest BCUT2D eigenvalue weighted by Crippen LogP contribution is -2.35. The monoisotopic (exact) mass is 281 g/mol. The summed E-state index contributed by atoms with van der Waals surface area (Å²) in [5.41, 5.74) is 3.44. The Kier molecular flexibility index (Phi) is 3.33. The van der Waals surface area contributed by atoms with Crippen LogP contribution < -0.4 is 4.90 Å². The Hall–Kier alpha value is -0.830. The predicted octanol–water partition coefficient (Wildman–Crippen LogP) is 3.58. The van der Waals surface area contributed by atoms with Gasteiger partial charge in [0.05, 0.1) is 5.69 Å². The van der Waals surface area contributed by atoms with Crippen molar-refractivity contribution in [2.24, 2.45) is 0 Å². The zero-order valence-electron chi connectivity index (χ0n) is 9.72. The SMILES string of the molecule is Cc1cc(C)c(N2CCCCC2=O)c(Br)c1. The lowest BCUT2D eigenvalue weighted by Gasteiger charge is -2.29. The number of rotatable bonds is 1. The highest BCUT2D eigenvalue weighted by Gasteiger charge is 2.22. The van der Waals surface area contributed by atoms with Crippen LogP contribution in [0.4, 0.5) is 5.69 Å². The molecule has 1 saturated heterocycles. The van der Waals surface area contributed by atoms with Gasteiger partial charge in [-0.15, -0.1) is 0 Å². The van der Waals surface area contributed by atoms with Gasteiger partial charge in [-0.05, 0) is 59.8 Å². The molecule has 0 spiro atoms. The van der Waals surface area contributed by atoms with E-state index in [0.717, 1.165) is 29.5 Å². The molecular formula is C13H16BrNO. The van der Waals surface area contributed by atoms with Gasteiger partial charge in [-0.25, -0.2) is 0 Å². The fourth-order valence-electron chi connectivity index (χ4n) is 2.29. The number of piperidine rings is 1. The predicted molar refractivity (Wildman–Crippen MR) is 69.8 cm³/mol. The zero-order valence-corrected chi connectivity index (χ0v) is 11.3. The van der Waals surface area contributed by atoms with E-state index < -0.39 is 0 Å². The summed E-state index contributed by atoms with van der Waals surface area (Å²) in [5, 5.41) is 0. The van der Waals surface area contributed by atoms with Gasteiger partial charge < -0.3 is 4.90 Å². The van der Waals surface area contributed by atoms with Crippen molar-refractivity contribution in [3.05, 3.63) is 27.7 Å². The molecule has 1 amide bonds. The molecule has 2 nitrogen and oxygen atoms in total. The maximum absolute atomic E-state index is 11.9. The number of carbonyl (C=O) groups excluding carboxylic acids is 1. The molecule has 0 bridgehead atoms. The number of carbonyl (C=O) groups is 1. The standard InChI is InChI=1S/C13H16BrNO/c1-9-7-10(2)13(11(14)8-9)15-6-4-3-5-12(15)16/h7-8H,3-6H2,1-2H3. The lowest BCUT2D eigenvalue weighted by molar-refractivity contribution is -0.119. The van der Waals surface area contributed by atoms with Crippen LogP contribution in [0.3, 0.4) is 0 Å². The van der Waals surface area contributed by atoms with Crippen LogP contribution in [0.15, 0.2) is 16.6 Å². The molecule has 1 aliphatic rings. The van der Waals surface area contributed by atoms with Crippen molar-refractivity contribution in [1.82, 2.24) is 0 Å². The molecular weight excluding hydrogens is 266 g/mol. The minimum atomic E-state index is 0.249. The van der Waals surface area contributed by atoms with Crippen molar-refractivity contribution in [3.63, 3.8) is 0 Å². The molecule has 1 aromatic rings. The van der Waals surface area contributed by atoms with Crippen LogP contribution in [0.5, 0.6) is 0 Å². The van der Waals surface area contributed by atoms with E-state index in [1.54, 1.807) is 0 Å². The van der Waals surface area contributed by atoms with Crippen molar-refractivity contribution in [2.75, 3.05) is 11.4 Å². The van der Waals surface area contributed by atoms with E-state index in [9.17, 15) is 4.79 Å². The average molecular weight is 282 g/mol. The maximum Gasteiger partial charge on any atom is 0.227 e. The Morgan fingerprint density at radius 1 is 1.25 bits per heavy atom. The summed E-state index contributed by atoms with van der Waals surface area (Å²) < 4.78 is 1.03. The van der Waals surface area contributed by atoms with Crippen LogP contribution in [-0.2, 0) is 4.79 Å². The van der Waals surface area contributed by atoms with Crippen molar-refractivity contribution in [3.8, 4) is 0 Å². The first-order chi connectivity index (χ1) is 7.59. The fraction of sp³-hybridized carbons (Fsp3) is 0.462. The minimum Gasteiger partial charge on any atom is -0.311 e. The summed E-state index contributed by atoms with van der Waals surface area (Å²) in [5.74, 6) is 0.249. The average Bonchev–Trinajstić information content (AvgIpc) is 2.19. The first-order valence-electron chi connectivity index (χ1n) is 5.66. The van der Waals surface area contributed by atoms with Gasteiger partial charge in [0.1, 0.15) is 0 Å². The van der Waals surface area contributed by atoms with Crippen LogP contribution in [0, 0.1) is 13.8 Å². The number of amides is 1. The maximum atomic E-state index is 11.9. The normalized spacial score (nSPS) is 16.7. The summed E-state index contributed by atoms with van der Waals surface area (Å²) in [7, 11) is 0. The van der Waals surface area contributed by atoms with E-state index in [4.69, 9.17) is 0 Å². The zero-order chi connectivity index (χ0) is 11.7.